The first-order valence-corrected chi connectivity index (χ1v) is 9.92. The Morgan fingerprint density at radius 1 is 0.903 bits per heavy atom. The van der Waals surface area contributed by atoms with Crippen molar-refractivity contribution >= 4 is 17.5 Å². The van der Waals surface area contributed by atoms with E-state index in [1.54, 1.807) is 31.2 Å². The fourth-order valence-corrected chi connectivity index (χ4v) is 3.33. The third kappa shape index (κ3) is 4.38. The molecule has 0 unspecified atom stereocenters. The quantitative estimate of drug-likeness (QED) is 0.411. The molecule has 0 bridgehead atoms. The van der Waals surface area contributed by atoms with Gasteiger partial charge in [0.05, 0.1) is 6.61 Å². The normalized spacial score (nSPS) is 10.5. The average Bonchev–Trinajstić information content (AvgIpc) is 2.80. The van der Waals surface area contributed by atoms with Crippen molar-refractivity contribution in [2.45, 2.75) is 6.92 Å². The van der Waals surface area contributed by atoms with E-state index < -0.39 is 5.97 Å². The van der Waals surface area contributed by atoms with E-state index in [1.165, 1.54) is 0 Å². The van der Waals surface area contributed by atoms with Crippen molar-refractivity contribution < 1.29 is 14.6 Å². The second-order valence-electron chi connectivity index (χ2n) is 6.78. The van der Waals surface area contributed by atoms with Gasteiger partial charge >= 0.3 is 5.97 Å². The maximum atomic E-state index is 13.1. The molecule has 0 aliphatic carbocycles. The first-order chi connectivity index (χ1) is 15.2. The van der Waals surface area contributed by atoms with E-state index >= 15 is 0 Å². The van der Waals surface area contributed by atoms with Crippen molar-refractivity contribution in [3.8, 4) is 28.1 Å². The number of nitrogens with one attached hydrogen (secondary N) is 1. The van der Waals surface area contributed by atoms with Crippen molar-refractivity contribution in [3.63, 3.8) is 0 Å². The molecule has 0 saturated carbocycles. The van der Waals surface area contributed by atoms with Gasteiger partial charge in [-0.05, 0) is 24.6 Å². The highest BCUT2D eigenvalue weighted by molar-refractivity contribution is 6.05. The topological polar surface area (TPSA) is 84.3 Å². The minimum atomic E-state index is -0.504. The van der Waals surface area contributed by atoms with Gasteiger partial charge in [0.1, 0.15) is 17.0 Å². The Kier molecular flexibility index (Phi) is 5.89. The number of anilines is 2. The SMILES string of the molecule is CCOC(=O)c1c(Nc2cccc(O)c2)nnc(-c2ccccc2)c1-c1ccccc1. The van der Waals surface area contributed by atoms with Crippen LogP contribution in [0.3, 0.4) is 0 Å². The monoisotopic (exact) mass is 411 g/mol. The molecule has 0 amide bonds. The number of benzene rings is 3. The van der Waals surface area contributed by atoms with Gasteiger partial charge in [0.2, 0.25) is 0 Å². The van der Waals surface area contributed by atoms with Gasteiger partial charge in [-0.15, -0.1) is 10.2 Å². The number of carbonyl (C=O) groups is 1. The summed E-state index contributed by atoms with van der Waals surface area (Å²) in [7, 11) is 0. The van der Waals surface area contributed by atoms with Gasteiger partial charge in [-0.1, -0.05) is 66.7 Å². The van der Waals surface area contributed by atoms with Gasteiger partial charge in [0.15, 0.2) is 5.82 Å². The molecule has 154 valence electrons. The first-order valence-electron chi connectivity index (χ1n) is 9.92. The van der Waals surface area contributed by atoms with Gasteiger partial charge in [0, 0.05) is 22.9 Å². The molecule has 31 heavy (non-hydrogen) atoms. The van der Waals surface area contributed by atoms with Crippen molar-refractivity contribution in [2.24, 2.45) is 0 Å². The van der Waals surface area contributed by atoms with E-state index in [2.05, 4.69) is 15.5 Å². The number of ether oxygens (including phenoxy) is 1. The number of hydrogen-bond donors (Lipinski definition) is 2. The third-order valence-corrected chi connectivity index (χ3v) is 4.67. The molecular formula is C25H21N3O3. The lowest BCUT2D eigenvalue weighted by Gasteiger charge is -2.17. The molecule has 0 saturated heterocycles. The second-order valence-corrected chi connectivity index (χ2v) is 6.78. The Balaban J connectivity index is 1.97. The molecule has 0 radical (unpaired) electrons. The standard InChI is InChI=1S/C25H21N3O3/c1-2-31-25(30)22-21(17-10-5-3-6-11-17)23(18-12-7-4-8-13-18)27-28-24(22)26-19-14-9-15-20(29)16-19/h3-16,29H,2H2,1H3,(H,26,28). The lowest BCUT2D eigenvalue weighted by molar-refractivity contribution is 0.0528. The smallest absolute Gasteiger partial charge is 0.342 e. The van der Waals surface area contributed by atoms with E-state index in [-0.39, 0.29) is 23.7 Å². The second kappa shape index (κ2) is 9.09. The van der Waals surface area contributed by atoms with Gasteiger partial charge in [-0.25, -0.2) is 4.79 Å². The van der Waals surface area contributed by atoms with Crippen LogP contribution in [-0.2, 0) is 4.74 Å². The minimum Gasteiger partial charge on any atom is -0.508 e. The number of hydrogen-bond acceptors (Lipinski definition) is 6. The molecular weight excluding hydrogens is 390 g/mol. The molecule has 3 aromatic carbocycles. The van der Waals surface area contributed by atoms with Crippen LogP contribution in [0.5, 0.6) is 5.75 Å². The molecule has 1 heterocycles. The largest absolute Gasteiger partial charge is 0.508 e. The van der Waals surface area contributed by atoms with Crippen LogP contribution in [0.4, 0.5) is 11.5 Å². The summed E-state index contributed by atoms with van der Waals surface area (Å²) in [6.45, 7) is 1.98. The fraction of sp³-hybridized carbons (Fsp3) is 0.0800. The molecule has 4 rings (SSSR count). The Morgan fingerprint density at radius 3 is 2.23 bits per heavy atom. The highest BCUT2D eigenvalue weighted by Crippen LogP contribution is 2.37. The summed E-state index contributed by atoms with van der Waals surface area (Å²) in [5, 5.41) is 21.7. The molecule has 0 spiro atoms. The summed E-state index contributed by atoms with van der Waals surface area (Å²) in [5.74, 6) is -0.154. The van der Waals surface area contributed by atoms with Crippen LogP contribution in [0.1, 0.15) is 17.3 Å². The summed E-state index contributed by atoms with van der Waals surface area (Å²) in [6.07, 6.45) is 0. The Hall–Kier alpha value is -4.19. The average molecular weight is 411 g/mol. The van der Waals surface area contributed by atoms with Gasteiger partial charge in [-0.3, -0.25) is 0 Å². The van der Waals surface area contributed by atoms with Crippen LogP contribution in [-0.4, -0.2) is 27.9 Å². The number of phenols is 1. The van der Waals surface area contributed by atoms with Crippen LogP contribution >= 0.6 is 0 Å². The molecule has 2 N–H and O–H groups in total. The summed E-state index contributed by atoms with van der Waals surface area (Å²) < 4.78 is 5.39. The van der Waals surface area contributed by atoms with Crippen LogP contribution in [0.25, 0.3) is 22.4 Å². The third-order valence-electron chi connectivity index (χ3n) is 4.67. The molecule has 0 aliphatic heterocycles. The summed E-state index contributed by atoms with van der Waals surface area (Å²) >= 11 is 0. The zero-order chi connectivity index (χ0) is 21.6. The molecule has 0 fully saturated rings. The van der Waals surface area contributed by atoms with Crippen molar-refractivity contribution in [1.29, 1.82) is 0 Å². The number of carbonyl (C=O) groups excluding carboxylic acids is 1. The summed E-state index contributed by atoms with van der Waals surface area (Å²) in [6, 6.07) is 25.7. The van der Waals surface area contributed by atoms with Crippen LogP contribution in [0.15, 0.2) is 84.9 Å². The maximum Gasteiger partial charge on any atom is 0.342 e. The zero-order valence-electron chi connectivity index (χ0n) is 16.9. The van der Waals surface area contributed by atoms with Crippen molar-refractivity contribution in [3.05, 3.63) is 90.5 Å². The van der Waals surface area contributed by atoms with Crippen LogP contribution in [0.2, 0.25) is 0 Å². The first kappa shape index (κ1) is 20.1. The Bertz CT molecular complexity index is 1200. The maximum absolute atomic E-state index is 13.1. The lowest BCUT2D eigenvalue weighted by Crippen LogP contribution is -2.13. The van der Waals surface area contributed by atoms with E-state index in [9.17, 15) is 9.90 Å². The molecule has 6 heteroatoms. The lowest BCUT2D eigenvalue weighted by atomic mass is 9.95. The van der Waals surface area contributed by atoms with E-state index in [0.717, 1.165) is 11.1 Å². The number of nitrogens with zero attached hydrogens (tertiary/aromatic N) is 2. The minimum absolute atomic E-state index is 0.0971. The predicted octanol–water partition coefficient (Wildman–Crippen LogP) is 5.44. The molecule has 4 aromatic rings. The number of phenolic OH excluding ortho intramolecular Hbond substituents is 1. The number of esters is 1. The van der Waals surface area contributed by atoms with Crippen molar-refractivity contribution in [1.82, 2.24) is 10.2 Å². The molecule has 0 aliphatic rings. The Labute approximate surface area is 180 Å². The molecule has 1 aromatic heterocycles. The van der Waals surface area contributed by atoms with Crippen LogP contribution < -0.4 is 5.32 Å². The van der Waals surface area contributed by atoms with E-state index in [4.69, 9.17) is 4.74 Å². The summed E-state index contributed by atoms with van der Waals surface area (Å²) in [5.41, 5.74) is 3.72. The molecule has 0 atom stereocenters. The molecule has 6 nitrogen and oxygen atoms in total. The van der Waals surface area contributed by atoms with Gasteiger partial charge < -0.3 is 15.2 Å². The zero-order valence-corrected chi connectivity index (χ0v) is 16.9. The number of rotatable bonds is 6. The predicted molar refractivity (Wildman–Crippen MR) is 120 cm³/mol. The van der Waals surface area contributed by atoms with E-state index in [1.807, 2.05) is 60.7 Å². The van der Waals surface area contributed by atoms with E-state index in [0.29, 0.717) is 16.9 Å². The highest BCUT2D eigenvalue weighted by atomic mass is 16.5. The summed E-state index contributed by atoms with van der Waals surface area (Å²) in [4.78, 5) is 13.1. The van der Waals surface area contributed by atoms with Gasteiger partial charge in [0.25, 0.3) is 0 Å². The van der Waals surface area contributed by atoms with Crippen molar-refractivity contribution in [2.75, 3.05) is 11.9 Å². The highest BCUT2D eigenvalue weighted by Gasteiger charge is 2.25. The number of aromatic hydroxyl groups is 1. The fourth-order valence-electron chi connectivity index (χ4n) is 3.33. The van der Waals surface area contributed by atoms with Crippen LogP contribution in [0, 0.1) is 0 Å². The van der Waals surface area contributed by atoms with Gasteiger partial charge in [-0.2, -0.15) is 0 Å². The Morgan fingerprint density at radius 2 is 1.58 bits per heavy atom. The number of aromatic nitrogens is 2.